The molecule has 6 heteroatoms. The molecule has 4 rings (SSSR count). The van der Waals surface area contributed by atoms with E-state index in [1.165, 1.54) is 16.5 Å². The van der Waals surface area contributed by atoms with Gasteiger partial charge in [-0.3, -0.25) is 14.8 Å². The largest absolute Gasteiger partial charge is 0.297 e. The lowest BCUT2D eigenvalue weighted by Crippen LogP contribution is -2.44. The average Bonchev–Trinajstić information content (AvgIpc) is 2.97. The van der Waals surface area contributed by atoms with Gasteiger partial charge >= 0.3 is 0 Å². The molecule has 0 spiro atoms. The zero-order valence-electron chi connectivity index (χ0n) is 14.7. The second kappa shape index (κ2) is 6.11. The van der Waals surface area contributed by atoms with Crippen LogP contribution in [0, 0.1) is 6.92 Å². The van der Waals surface area contributed by atoms with Crippen molar-refractivity contribution in [1.82, 2.24) is 24.5 Å². The molecule has 1 N–H and O–H groups in total. The molecular weight excluding hydrogens is 314 g/mol. The van der Waals surface area contributed by atoms with Gasteiger partial charge in [-0.2, -0.15) is 9.50 Å². The Hall–Kier alpha value is -2.47. The minimum absolute atomic E-state index is 0.108. The molecule has 0 amide bonds. The van der Waals surface area contributed by atoms with Crippen LogP contribution in [-0.2, 0) is 12.0 Å². The van der Waals surface area contributed by atoms with E-state index < -0.39 is 0 Å². The maximum absolute atomic E-state index is 12.2. The smallest absolute Gasteiger partial charge is 0.274 e. The first-order valence-corrected chi connectivity index (χ1v) is 8.77. The molecule has 0 radical (unpaired) electrons. The summed E-state index contributed by atoms with van der Waals surface area (Å²) in [5.74, 6) is 1.14. The van der Waals surface area contributed by atoms with E-state index in [0.29, 0.717) is 18.1 Å². The number of nitrogens with one attached hydrogen (secondary N) is 1. The van der Waals surface area contributed by atoms with Gasteiger partial charge in [0, 0.05) is 24.6 Å². The van der Waals surface area contributed by atoms with Gasteiger partial charge < -0.3 is 0 Å². The van der Waals surface area contributed by atoms with Crippen molar-refractivity contribution in [1.29, 1.82) is 0 Å². The third kappa shape index (κ3) is 3.09. The summed E-state index contributed by atoms with van der Waals surface area (Å²) in [5, 5.41) is 2.91. The highest BCUT2D eigenvalue weighted by atomic mass is 16.1. The van der Waals surface area contributed by atoms with Gasteiger partial charge in [-0.15, -0.1) is 0 Å². The Labute approximate surface area is 146 Å². The molecule has 1 aliphatic rings. The predicted octanol–water partition coefficient (Wildman–Crippen LogP) is 2.28. The topological polar surface area (TPSA) is 66.3 Å². The molecule has 1 aromatic carbocycles. The number of hydrogen-bond donors (Lipinski definition) is 1. The molecule has 0 aliphatic carbocycles. The van der Waals surface area contributed by atoms with Gasteiger partial charge in [-0.05, 0) is 31.9 Å². The molecule has 0 bridgehead atoms. The van der Waals surface area contributed by atoms with Crippen molar-refractivity contribution in [2.45, 2.75) is 38.6 Å². The van der Waals surface area contributed by atoms with Crippen molar-refractivity contribution in [2.75, 3.05) is 13.1 Å². The van der Waals surface area contributed by atoms with Crippen LogP contribution in [0.15, 0.2) is 41.2 Å². The maximum Gasteiger partial charge on any atom is 0.274 e. The van der Waals surface area contributed by atoms with Crippen LogP contribution in [0.2, 0.25) is 0 Å². The highest BCUT2D eigenvalue weighted by molar-refractivity contribution is 5.28. The Bertz CT molecular complexity index is 945. The van der Waals surface area contributed by atoms with E-state index in [1.54, 1.807) is 6.07 Å². The van der Waals surface area contributed by atoms with Gasteiger partial charge in [0.15, 0.2) is 0 Å². The molecule has 25 heavy (non-hydrogen) atoms. The molecule has 3 aromatic rings. The number of piperidine rings is 1. The molecule has 1 aliphatic heterocycles. The minimum atomic E-state index is -0.108. The summed E-state index contributed by atoms with van der Waals surface area (Å²) in [6, 6.07) is 12.3. The van der Waals surface area contributed by atoms with Crippen molar-refractivity contribution < 1.29 is 0 Å². The molecule has 0 unspecified atom stereocenters. The van der Waals surface area contributed by atoms with Gasteiger partial charge in [-0.1, -0.05) is 37.3 Å². The number of benzene rings is 1. The zero-order chi connectivity index (χ0) is 17.4. The molecule has 2 aromatic heterocycles. The first-order chi connectivity index (χ1) is 12.0. The molecule has 1 fully saturated rings. The van der Waals surface area contributed by atoms with Crippen LogP contribution in [0.4, 0.5) is 0 Å². The maximum atomic E-state index is 12.2. The van der Waals surface area contributed by atoms with Crippen molar-refractivity contribution in [3.05, 3.63) is 63.8 Å². The molecule has 6 nitrogen and oxygen atoms in total. The Morgan fingerprint density at radius 3 is 2.84 bits per heavy atom. The number of fused-ring (bicyclic) bond motifs is 1. The molecule has 3 heterocycles. The number of rotatable bonds is 3. The minimum Gasteiger partial charge on any atom is -0.297 e. The third-order valence-corrected chi connectivity index (χ3v) is 5.13. The van der Waals surface area contributed by atoms with Crippen LogP contribution >= 0.6 is 0 Å². The van der Waals surface area contributed by atoms with Crippen molar-refractivity contribution in [2.24, 2.45) is 0 Å². The van der Waals surface area contributed by atoms with Crippen molar-refractivity contribution >= 4 is 5.78 Å². The third-order valence-electron chi connectivity index (χ3n) is 5.13. The van der Waals surface area contributed by atoms with E-state index >= 15 is 0 Å². The van der Waals surface area contributed by atoms with E-state index in [1.807, 2.05) is 6.92 Å². The second-order valence-electron chi connectivity index (χ2n) is 7.27. The number of aromatic nitrogens is 4. The predicted molar refractivity (Wildman–Crippen MR) is 96.6 cm³/mol. The van der Waals surface area contributed by atoms with E-state index in [9.17, 15) is 4.79 Å². The second-order valence-corrected chi connectivity index (χ2v) is 7.27. The van der Waals surface area contributed by atoms with Gasteiger partial charge in [0.1, 0.15) is 5.82 Å². The highest BCUT2D eigenvalue weighted by Crippen LogP contribution is 2.33. The molecule has 1 atom stereocenters. The first-order valence-electron chi connectivity index (χ1n) is 8.77. The highest BCUT2D eigenvalue weighted by Gasteiger charge is 2.32. The lowest BCUT2D eigenvalue weighted by molar-refractivity contribution is 0.148. The van der Waals surface area contributed by atoms with Crippen LogP contribution in [0.1, 0.15) is 36.8 Å². The summed E-state index contributed by atoms with van der Waals surface area (Å²) in [5.41, 5.74) is 2.20. The number of likely N-dealkylation sites (tertiary alicyclic amines) is 1. The van der Waals surface area contributed by atoms with Gasteiger partial charge in [0.05, 0.1) is 5.69 Å². The van der Waals surface area contributed by atoms with Crippen molar-refractivity contribution in [3.63, 3.8) is 0 Å². The monoisotopic (exact) mass is 337 g/mol. The average molecular weight is 337 g/mol. The number of aryl methyl sites for hydroxylation is 1. The Kier molecular flexibility index (Phi) is 3.92. The van der Waals surface area contributed by atoms with E-state index in [0.717, 1.165) is 25.2 Å². The standard InChI is InChI=1S/C19H23N5O/c1-14-20-18-21-16(11-17(25)24(18)22-14)12-23-10-6-9-19(2,13-23)15-7-4-3-5-8-15/h3-5,7-8,11H,6,9-10,12-13H2,1-2H3,(H,20,21,22)/t19-/m0/s1. The Balaban J connectivity index is 1.57. The van der Waals surface area contributed by atoms with Crippen LogP contribution in [0.25, 0.3) is 5.78 Å². The fourth-order valence-electron chi connectivity index (χ4n) is 3.90. The van der Waals surface area contributed by atoms with E-state index in [2.05, 4.69) is 57.2 Å². The van der Waals surface area contributed by atoms with Crippen LogP contribution in [0.5, 0.6) is 0 Å². The van der Waals surface area contributed by atoms with E-state index in [-0.39, 0.29) is 11.0 Å². The van der Waals surface area contributed by atoms with E-state index in [4.69, 9.17) is 0 Å². The number of nitrogens with zero attached hydrogens (tertiary/aromatic N) is 4. The van der Waals surface area contributed by atoms with Gasteiger partial charge in [0.25, 0.3) is 11.3 Å². The SMILES string of the molecule is Cc1nc2nc(CN3CCC[C@](C)(c4ccccc4)C3)cc(=O)n2[nH]1. The summed E-state index contributed by atoms with van der Waals surface area (Å²) < 4.78 is 1.39. The fraction of sp³-hybridized carbons (Fsp3) is 0.421. The lowest BCUT2D eigenvalue weighted by atomic mass is 9.76. The van der Waals surface area contributed by atoms with Crippen LogP contribution in [-0.4, -0.2) is 37.6 Å². The summed E-state index contributed by atoms with van der Waals surface area (Å²) in [6.07, 6.45) is 2.33. The summed E-state index contributed by atoms with van der Waals surface area (Å²) in [4.78, 5) is 23.5. The number of hydrogen-bond acceptors (Lipinski definition) is 4. The lowest BCUT2D eigenvalue weighted by Gasteiger charge is -2.40. The van der Waals surface area contributed by atoms with Gasteiger partial charge in [0.2, 0.25) is 0 Å². The number of aromatic amines is 1. The normalized spacial score (nSPS) is 21.7. The van der Waals surface area contributed by atoms with Crippen LogP contribution in [0.3, 0.4) is 0 Å². The van der Waals surface area contributed by atoms with Gasteiger partial charge in [-0.25, -0.2) is 4.98 Å². The quantitative estimate of drug-likeness (QED) is 0.796. The number of H-pyrrole nitrogens is 1. The fourth-order valence-corrected chi connectivity index (χ4v) is 3.90. The Morgan fingerprint density at radius 2 is 2.04 bits per heavy atom. The van der Waals surface area contributed by atoms with Crippen LogP contribution < -0.4 is 5.56 Å². The molecular formula is C19H23N5O. The zero-order valence-corrected chi connectivity index (χ0v) is 14.7. The summed E-state index contributed by atoms with van der Waals surface area (Å²) in [7, 11) is 0. The molecule has 130 valence electrons. The first kappa shape index (κ1) is 16.0. The summed E-state index contributed by atoms with van der Waals surface area (Å²) in [6.45, 7) is 6.83. The Morgan fingerprint density at radius 1 is 1.24 bits per heavy atom. The molecule has 1 saturated heterocycles. The summed E-state index contributed by atoms with van der Waals surface area (Å²) >= 11 is 0. The van der Waals surface area contributed by atoms with Crippen molar-refractivity contribution in [3.8, 4) is 0 Å². The molecule has 0 saturated carbocycles.